The number of hydrogen-bond acceptors (Lipinski definition) is 5. The Balaban J connectivity index is 1.47. The summed E-state index contributed by atoms with van der Waals surface area (Å²) in [5.74, 6) is 1.37. The fourth-order valence-corrected chi connectivity index (χ4v) is 3.23. The number of piperidine rings is 1. The third kappa shape index (κ3) is 4.45. The lowest BCUT2D eigenvalue weighted by Gasteiger charge is -2.30. The van der Waals surface area contributed by atoms with Crippen molar-refractivity contribution in [3.05, 3.63) is 46.6 Å². The van der Waals surface area contributed by atoms with Crippen LogP contribution in [0.3, 0.4) is 0 Å². The average Bonchev–Trinajstić information content (AvgIpc) is 3.06. The maximum atomic E-state index is 12.3. The third-order valence-electron chi connectivity index (χ3n) is 4.45. The number of benzene rings is 1. The van der Waals surface area contributed by atoms with Gasteiger partial charge in [-0.05, 0) is 25.0 Å². The van der Waals surface area contributed by atoms with Crippen molar-refractivity contribution < 1.29 is 14.0 Å². The van der Waals surface area contributed by atoms with Gasteiger partial charge < -0.3 is 9.32 Å². The smallest absolute Gasteiger partial charge is 0.223 e. The van der Waals surface area contributed by atoms with E-state index in [0.29, 0.717) is 35.5 Å². The lowest BCUT2D eigenvalue weighted by molar-refractivity contribution is -0.132. The second-order valence-corrected chi connectivity index (χ2v) is 6.68. The van der Waals surface area contributed by atoms with E-state index in [-0.39, 0.29) is 30.4 Å². The molecule has 1 aromatic heterocycles. The number of hydrogen-bond donors (Lipinski definition) is 0. The van der Waals surface area contributed by atoms with Crippen molar-refractivity contribution in [3.63, 3.8) is 0 Å². The summed E-state index contributed by atoms with van der Waals surface area (Å²) in [7, 11) is 0. The van der Waals surface area contributed by atoms with Gasteiger partial charge in [-0.15, -0.1) is 10.2 Å². The number of aromatic nitrogens is 2. The van der Waals surface area contributed by atoms with Crippen LogP contribution in [0, 0.1) is 6.92 Å². The molecule has 1 aromatic carbocycles. The van der Waals surface area contributed by atoms with E-state index in [4.69, 9.17) is 16.0 Å². The van der Waals surface area contributed by atoms with Crippen LogP contribution in [0.4, 0.5) is 0 Å². The van der Waals surface area contributed by atoms with Gasteiger partial charge in [-0.2, -0.15) is 0 Å². The summed E-state index contributed by atoms with van der Waals surface area (Å²) < 4.78 is 5.48. The Kier molecular flexibility index (Phi) is 5.48. The predicted molar refractivity (Wildman–Crippen MR) is 92.6 cm³/mol. The first-order valence-corrected chi connectivity index (χ1v) is 8.77. The highest BCUT2D eigenvalue weighted by Crippen LogP contribution is 2.27. The summed E-state index contributed by atoms with van der Waals surface area (Å²) in [5.41, 5.74) is 0.547. The number of halogens is 1. The number of ketones is 1. The maximum Gasteiger partial charge on any atom is 0.223 e. The summed E-state index contributed by atoms with van der Waals surface area (Å²) in [6, 6.07) is 6.81. The fraction of sp³-hybridized carbons (Fsp3) is 0.444. The van der Waals surface area contributed by atoms with Crippen molar-refractivity contribution in [1.82, 2.24) is 15.1 Å². The van der Waals surface area contributed by atoms with E-state index in [1.54, 1.807) is 31.2 Å². The van der Waals surface area contributed by atoms with Gasteiger partial charge in [0.1, 0.15) is 0 Å². The second kappa shape index (κ2) is 7.78. The first kappa shape index (κ1) is 17.6. The van der Waals surface area contributed by atoms with E-state index >= 15 is 0 Å². The van der Waals surface area contributed by atoms with Crippen LogP contribution in [-0.4, -0.2) is 39.9 Å². The molecule has 25 heavy (non-hydrogen) atoms. The summed E-state index contributed by atoms with van der Waals surface area (Å²) in [6.45, 7) is 3.07. The van der Waals surface area contributed by atoms with E-state index in [1.807, 2.05) is 4.90 Å². The van der Waals surface area contributed by atoms with Crippen molar-refractivity contribution in [2.45, 2.75) is 38.5 Å². The zero-order valence-corrected chi connectivity index (χ0v) is 14.8. The molecule has 1 aliphatic rings. The van der Waals surface area contributed by atoms with Crippen LogP contribution in [-0.2, 0) is 4.79 Å². The minimum absolute atomic E-state index is 0.00976. The standard InChI is InChI=1S/C18H20ClN3O3/c1-12-20-21-18(25-12)13-7-9-22(10-8-13)17(24)6-5-16(23)14-3-2-4-15(19)11-14/h2-4,11,13H,5-10H2,1H3. The fourth-order valence-electron chi connectivity index (χ4n) is 3.04. The molecule has 132 valence electrons. The highest BCUT2D eigenvalue weighted by molar-refractivity contribution is 6.31. The van der Waals surface area contributed by atoms with Gasteiger partial charge >= 0.3 is 0 Å². The summed E-state index contributed by atoms with van der Waals surface area (Å²) >= 11 is 5.89. The topological polar surface area (TPSA) is 76.3 Å². The molecule has 1 amide bonds. The van der Waals surface area contributed by atoms with Crippen LogP contribution >= 0.6 is 11.6 Å². The van der Waals surface area contributed by atoms with Gasteiger partial charge in [-0.25, -0.2) is 0 Å². The van der Waals surface area contributed by atoms with Gasteiger partial charge in [-0.3, -0.25) is 9.59 Å². The van der Waals surface area contributed by atoms with Crippen LogP contribution in [0.2, 0.25) is 5.02 Å². The molecule has 0 unspecified atom stereocenters. The Labute approximate surface area is 151 Å². The van der Waals surface area contributed by atoms with Crippen LogP contribution in [0.25, 0.3) is 0 Å². The molecule has 2 heterocycles. The number of likely N-dealkylation sites (tertiary alicyclic amines) is 1. The molecule has 0 radical (unpaired) electrons. The van der Waals surface area contributed by atoms with E-state index in [0.717, 1.165) is 12.8 Å². The van der Waals surface area contributed by atoms with Gasteiger partial charge in [0.05, 0.1) is 0 Å². The predicted octanol–water partition coefficient (Wildman–Crippen LogP) is 3.40. The molecule has 0 N–H and O–H groups in total. The molecule has 1 aliphatic heterocycles. The van der Waals surface area contributed by atoms with Crippen molar-refractivity contribution in [3.8, 4) is 0 Å². The molecule has 3 rings (SSSR count). The number of carbonyl (C=O) groups is 2. The summed E-state index contributed by atoms with van der Waals surface area (Å²) in [5, 5.41) is 8.44. The Morgan fingerprint density at radius 1 is 1.24 bits per heavy atom. The van der Waals surface area contributed by atoms with E-state index in [1.165, 1.54) is 0 Å². The van der Waals surface area contributed by atoms with E-state index in [9.17, 15) is 9.59 Å². The minimum atomic E-state index is -0.0629. The Bertz CT molecular complexity index is 766. The SMILES string of the molecule is Cc1nnc(C2CCN(C(=O)CCC(=O)c3cccc(Cl)c3)CC2)o1. The van der Waals surface area contributed by atoms with Crippen molar-refractivity contribution in [2.75, 3.05) is 13.1 Å². The lowest BCUT2D eigenvalue weighted by atomic mass is 9.96. The number of amides is 1. The molecule has 1 saturated heterocycles. The molecular weight excluding hydrogens is 342 g/mol. The largest absolute Gasteiger partial charge is 0.425 e. The maximum absolute atomic E-state index is 12.3. The monoisotopic (exact) mass is 361 g/mol. The lowest BCUT2D eigenvalue weighted by Crippen LogP contribution is -2.38. The van der Waals surface area contributed by atoms with Crippen LogP contribution in [0.5, 0.6) is 0 Å². The molecule has 0 saturated carbocycles. The molecule has 7 heteroatoms. The average molecular weight is 362 g/mol. The third-order valence-corrected chi connectivity index (χ3v) is 4.69. The summed E-state index contributed by atoms with van der Waals surface area (Å²) in [6.07, 6.45) is 2.02. The van der Waals surface area contributed by atoms with Gasteiger partial charge in [0.25, 0.3) is 0 Å². The molecule has 0 aliphatic carbocycles. The van der Waals surface area contributed by atoms with E-state index in [2.05, 4.69) is 10.2 Å². The second-order valence-electron chi connectivity index (χ2n) is 6.25. The first-order chi connectivity index (χ1) is 12.0. The van der Waals surface area contributed by atoms with Crippen molar-refractivity contribution >= 4 is 23.3 Å². The molecule has 0 spiro atoms. The normalized spacial score (nSPS) is 15.4. The van der Waals surface area contributed by atoms with Gasteiger partial charge in [0, 0.05) is 49.4 Å². The highest BCUT2D eigenvalue weighted by atomic mass is 35.5. The van der Waals surface area contributed by atoms with Crippen molar-refractivity contribution in [1.29, 1.82) is 0 Å². The molecule has 0 bridgehead atoms. The van der Waals surface area contributed by atoms with Crippen LogP contribution < -0.4 is 0 Å². The number of Topliss-reactive ketones (excluding diaryl/α,β-unsaturated/α-hetero) is 1. The van der Waals surface area contributed by atoms with Crippen LogP contribution in [0.15, 0.2) is 28.7 Å². The Morgan fingerprint density at radius 3 is 2.64 bits per heavy atom. The quantitative estimate of drug-likeness (QED) is 0.763. The molecule has 0 atom stereocenters. The van der Waals surface area contributed by atoms with Gasteiger partial charge in [0.15, 0.2) is 5.78 Å². The zero-order valence-electron chi connectivity index (χ0n) is 14.1. The number of aryl methyl sites for hydroxylation is 1. The molecular formula is C18H20ClN3O3. The Morgan fingerprint density at radius 2 is 2.00 bits per heavy atom. The molecule has 2 aromatic rings. The zero-order chi connectivity index (χ0) is 17.8. The molecule has 1 fully saturated rings. The highest BCUT2D eigenvalue weighted by Gasteiger charge is 2.27. The molecule has 6 nitrogen and oxygen atoms in total. The van der Waals surface area contributed by atoms with Crippen LogP contribution in [0.1, 0.15) is 53.7 Å². The van der Waals surface area contributed by atoms with Crippen molar-refractivity contribution in [2.24, 2.45) is 0 Å². The Hall–Kier alpha value is -2.21. The van der Waals surface area contributed by atoms with Gasteiger partial charge in [-0.1, -0.05) is 23.7 Å². The minimum Gasteiger partial charge on any atom is -0.425 e. The first-order valence-electron chi connectivity index (χ1n) is 8.39. The number of carbonyl (C=O) groups excluding carboxylic acids is 2. The number of rotatable bonds is 5. The van der Waals surface area contributed by atoms with E-state index < -0.39 is 0 Å². The van der Waals surface area contributed by atoms with Gasteiger partial charge in [0.2, 0.25) is 17.7 Å². The number of nitrogens with zero attached hydrogens (tertiary/aromatic N) is 3. The summed E-state index contributed by atoms with van der Waals surface area (Å²) in [4.78, 5) is 26.3.